The lowest BCUT2D eigenvalue weighted by molar-refractivity contribution is -0.127. The van der Waals surface area contributed by atoms with Crippen LogP contribution in [0.25, 0.3) is 0 Å². The average molecular weight is 236 g/mol. The molecule has 0 atom stereocenters. The van der Waals surface area contributed by atoms with E-state index in [1.165, 1.54) is 0 Å². The highest BCUT2D eigenvalue weighted by atomic mass is 19.4. The van der Waals surface area contributed by atoms with Crippen molar-refractivity contribution in [1.82, 2.24) is 0 Å². The van der Waals surface area contributed by atoms with Crippen molar-refractivity contribution in [3.8, 4) is 0 Å². The van der Waals surface area contributed by atoms with E-state index in [9.17, 15) is 13.2 Å². The third kappa shape index (κ3) is 9.81. The molecule has 0 aliphatic heterocycles. The SMILES string of the molecule is CC.CC.CC1=CC=C(CC(F)(F)F)CC1. The Balaban J connectivity index is 0. The molecular weight excluding hydrogens is 213 g/mol. The third-order valence-corrected chi connectivity index (χ3v) is 1.87. The average Bonchev–Trinajstić information content (AvgIpc) is 2.25. The van der Waals surface area contributed by atoms with Gasteiger partial charge in [-0.2, -0.15) is 13.2 Å². The van der Waals surface area contributed by atoms with Gasteiger partial charge in [-0.1, -0.05) is 51.0 Å². The molecule has 0 heterocycles. The maximum absolute atomic E-state index is 11.9. The molecule has 0 saturated carbocycles. The Hall–Kier alpha value is -0.730. The minimum absolute atomic E-state index is 0.494. The molecule has 0 radical (unpaired) electrons. The lowest BCUT2D eigenvalue weighted by atomic mass is 9.97. The van der Waals surface area contributed by atoms with Gasteiger partial charge < -0.3 is 0 Å². The lowest BCUT2D eigenvalue weighted by Crippen LogP contribution is -2.09. The van der Waals surface area contributed by atoms with Gasteiger partial charge in [0.2, 0.25) is 0 Å². The summed E-state index contributed by atoms with van der Waals surface area (Å²) in [5.41, 5.74) is 1.65. The fourth-order valence-corrected chi connectivity index (χ4v) is 1.19. The second-order valence-corrected chi connectivity index (χ2v) is 3.13. The minimum Gasteiger partial charge on any atom is -0.171 e. The number of hydrogen-bond acceptors (Lipinski definition) is 0. The zero-order chi connectivity index (χ0) is 13.2. The molecule has 0 fully saturated rings. The van der Waals surface area contributed by atoms with Gasteiger partial charge in [0.05, 0.1) is 6.42 Å². The van der Waals surface area contributed by atoms with E-state index in [0.29, 0.717) is 12.0 Å². The van der Waals surface area contributed by atoms with Crippen LogP contribution in [0, 0.1) is 0 Å². The molecule has 96 valence electrons. The number of hydrogen-bond donors (Lipinski definition) is 0. The molecule has 1 aliphatic carbocycles. The summed E-state index contributed by atoms with van der Waals surface area (Å²) in [7, 11) is 0. The van der Waals surface area contributed by atoms with E-state index >= 15 is 0 Å². The molecule has 0 aromatic rings. The van der Waals surface area contributed by atoms with Crippen LogP contribution in [0.5, 0.6) is 0 Å². The Kier molecular flexibility index (Phi) is 10.5. The van der Waals surface area contributed by atoms with Crippen molar-refractivity contribution in [1.29, 1.82) is 0 Å². The molecule has 0 saturated heterocycles. The molecule has 0 bridgehead atoms. The number of alkyl halides is 3. The van der Waals surface area contributed by atoms with E-state index in [2.05, 4.69) is 0 Å². The van der Waals surface area contributed by atoms with Crippen molar-refractivity contribution < 1.29 is 13.2 Å². The molecule has 0 spiro atoms. The molecular formula is C13H23F3. The molecule has 0 aromatic carbocycles. The van der Waals surface area contributed by atoms with Crippen molar-refractivity contribution in [2.75, 3.05) is 0 Å². The van der Waals surface area contributed by atoms with Gasteiger partial charge in [0, 0.05) is 0 Å². The Morgan fingerprint density at radius 3 is 1.81 bits per heavy atom. The first-order valence-electron chi connectivity index (χ1n) is 5.89. The zero-order valence-corrected chi connectivity index (χ0v) is 10.9. The fourth-order valence-electron chi connectivity index (χ4n) is 1.19. The first kappa shape index (κ1) is 17.7. The van der Waals surface area contributed by atoms with Gasteiger partial charge in [0.15, 0.2) is 0 Å². The fraction of sp³-hybridized carbons (Fsp3) is 0.692. The number of halogens is 3. The monoisotopic (exact) mass is 236 g/mol. The second-order valence-electron chi connectivity index (χ2n) is 3.13. The quantitative estimate of drug-likeness (QED) is 0.551. The van der Waals surface area contributed by atoms with Crippen molar-refractivity contribution in [3.63, 3.8) is 0 Å². The molecule has 0 nitrogen and oxygen atoms in total. The van der Waals surface area contributed by atoms with Gasteiger partial charge in [-0.3, -0.25) is 0 Å². The summed E-state index contributed by atoms with van der Waals surface area (Å²) >= 11 is 0. The number of rotatable bonds is 1. The molecule has 0 N–H and O–H groups in total. The molecule has 3 heteroatoms. The maximum atomic E-state index is 11.9. The Bertz CT molecular complexity index is 222. The van der Waals surface area contributed by atoms with Gasteiger partial charge in [-0.05, 0) is 19.8 Å². The molecule has 1 rings (SSSR count). The van der Waals surface area contributed by atoms with E-state index in [-0.39, 0.29) is 0 Å². The van der Waals surface area contributed by atoms with Crippen LogP contribution >= 0.6 is 0 Å². The predicted octanol–water partition coefficient (Wildman–Crippen LogP) is 5.66. The van der Waals surface area contributed by atoms with Crippen molar-refractivity contribution in [2.45, 2.75) is 60.1 Å². The smallest absolute Gasteiger partial charge is 0.171 e. The van der Waals surface area contributed by atoms with Gasteiger partial charge in [0.1, 0.15) is 0 Å². The highest BCUT2D eigenvalue weighted by Gasteiger charge is 2.28. The summed E-state index contributed by atoms with van der Waals surface area (Å²) in [6, 6.07) is 0. The topological polar surface area (TPSA) is 0 Å². The van der Waals surface area contributed by atoms with E-state index in [4.69, 9.17) is 0 Å². The normalized spacial score (nSPS) is 14.8. The molecule has 1 aliphatic rings. The van der Waals surface area contributed by atoms with Crippen LogP contribution in [-0.2, 0) is 0 Å². The van der Waals surface area contributed by atoms with E-state index in [1.54, 1.807) is 12.2 Å². The Labute approximate surface area is 97.2 Å². The summed E-state index contributed by atoms with van der Waals surface area (Å²) in [5, 5.41) is 0. The minimum atomic E-state index is -4.05. The number of allylic oxidation sites excluding steroid dienone is 4. The summed E-state index contributed by atoms with van der Waals surface area (Å²) in [5.74, 6) is 0. The molecule has 16 heavy (non-hydrogen) atoms. The summed E-state index contributed by atoms with van der Waals surface area (Å²) in [6.07, 6.45) is -0.123. The van der Waals surface area contributed by atoms with Crippen LogP contribution < -0.4 is 0 Å². The highest BCUT2D eigenvalue weighted by Crippen LogP contribution is 2.29. The van der Waals surface area contributed by atoms with Crippen LogP contribution in [0.1, 0.15) is 53.9 Å². The molecule has 0 aromatic heterocycles. The van der Waals surface area contributed by atoms with Crippen LogP contribution in [-0.4, -0.2) is 6.18 Å². The third-order valence-electron chi connectivity index (χ3n) is 1.87. The van der Waals surface area contributed by atoms with Crippen LogP contribution in [0.4, 0.5) is 13.2 Å². The van der Waals surface area contributed by atoms with Gasteiger partial charge in [-0.25, -0.2) is 0 Å². The van der Waals surface area contributed by atoms with Crippen molar-refractivity contribution in [3.05, 3.63) is 23.3 Å². The van der Waals surface area contributed by atoms with E-state index < -0.39 is 12.6 Å². The summed E-state index contributed by atoms with van der Waals surface area (Å²) in [6.45, 7) is 9.93. The molecule has 0 amide bonds. The van der Waals surface area contributed by atoms with Gasteiger partial charge in [-0.15, -0.1) is 0 Å². The predicted molar refractivity (Wildman–Crippen MR) is 64.4 cm³/mol. The standard InChI is InChI=1S/C9H11F3.2C2H6/c1-7-2-4-8(5-3-7)6-9(10,11)12;2*1-2/h2,4H,3,5-6H2,1H3;2*1-2H3. The highest BCUT2D eigenvalue weighted by molar-refractivity contribution is 5.23. The van der Waals surface area contributed by atoms with Crippen molar-refractivity contribution in [2.24, 2.45) is 0 Å². The van der Waals surface area contributed by atoms with Gasteiger partial charge in [0.25, 0.3) is 0 Å². The molecule has 0 unspecified atom stereocenters. The van der Waals surface area contributed by atoms with E-state index in [0.717, 1.165) is 12.0 Å². The first-order chi connectivity index (χ1) is 7.47. The van der Waals surface area contributed by atoms with Gasteiger partial charge >= 0.3 is 6.18 Å². The maximum Gasteiger partial charge on any atom is 0.392 e. The van der Waals surface area contributed by atoms with Crippen LogP contribution in [0.2, 0.25) is 0 Å². The Morgan fingerprint density at radius 1 is 1.00 bits per heavy atom. The van der Waals surface area contributed by atoms with Crippen LogP contribution in [0.15, 0.2) is 23.3 Å². The summed E-state index contributed by atoms with van der Waals surface area (Å²) < 4.78 is 35.6. The first-order valence-corrected chi connectivity index (χ1v) is 5.89. The van der Waals surface area contributed by atoms with Crippen molar-refractivity contribution >= 4 is 0 Å². The van der Waals surface area contributed by atoms with E-state index in [1.807, 2.05) is 34.6 Å². The summed E-state index contributed by atoms with van der Waals surface area (Å²) in [4.78, 5) is 0. The second kappa shape index (κ2) is 9.49. The lowest BCUT2D eigenvalue weighted by Gasteiger charge is -2.13. The largest absolute Gasteiger partial charge is 0.392 e. The Morgan fingerprint density at radius 2 is 1.50 bits per heavy atom. The zero-order valence-electron chi connectivity index (χ0n) is 10.9. The van der Waals surface area contributed by atoms with Crippen LogP contribution in [0.3, 0.4) is 0 Å².